The van der Waals surface area contributed by atoms with Crippen LogP contribution in [-0.4, -0.2) is 66.7 Å². The van der Waals surface area contributed by atoms with Crippen LogP contribution in [-0.2, 0) is 14.8 Å². The van der Waals surface area contributed by atoms with Gasteiger partial charge in [-0.1, -0.05) is 12.1 Å². The van der Waals surface area contributed by atoms with Crippen LogP contribution in [0.25, 0.3) is 6.08 Å². The van der Waals surface area contributed by atoms with E-state index in [-0.39, 0.29) is 17.8 Å². The van der Waals surface area contributed by atoms with Crippen LogP contribution in [0.4, 0.5) is 0 Å². The summed E-state index contributed by atoms with van der Waals surface area (Å²) in [6.45, 7) is 7.50. The maximum Gasteiger partial charge on any atom is 0.286 e. The van der Waals surface area contributed by atoms with Gasteiger partial charge in [-0.25, -0.2) is 8.42 Å². The molecule has 1 saturated heterocycles. The number of carbonyl (C=O) groups is 1. The molecule has 2 heterocycles. The van der Waals surface area contributed by atoms with E-state index < -0.39 is 10.0 Å². The van der Waals surface area contributed by atoms with Gasteiger partial charge in [0.1, 0.15) is 5.75 Å². The molecule has 0 N–H and O–H groups in total. The molecule has 28 heavy (non-hydrogen) atoms. The Kier molecular flexibility index (Phi) is 6.47. The Labute approximate surface area is 170 Å². The second-order valence-corrected chi connectivity index (χ2v) is 10.1. The highest BCUT2D eigenvalue weighted by atomic mass is 32.2. The van der Waals surface area contributed by atoms with E-state index in [1.165, 1.54) is 16.1 Å². The molecule has 9 heteroatoms. The fraction of sp³-hybridized carbons (Fsp3) is 0.474. The van der Waals surface area contributed by atoms with E-state index in [9.17, 15) is 13.2 Å². The van der Waals surface area contributed by atoms with Crippen molar-refractivity contribution in [1.29, 1.82) is 0 Å². The summed E-state index contributed by atoms with van der Waals surface area (Å²) in [5.74, 6) is 0.639. The van der Waals surface area contributed by atoms with Crippen molar-refractivity contribution in [2.24, 2.45) is 4.99 Å². The monoisotopic (exact) mass is 423 g/mol. The molecular formula is C19H25N3O4S2. The first-order valence-corrected chi connectivity index (χ1v) is 11.7. The number of benzene rings is 1. The highest BCUT2D eigenvalue weighted by molar-refractivity contribution is 8.18. The molecule has 7 nitrogen and oxygen atoms in total. The van der Waals surface area contributed by atoms with Crippen molar-refractivity contribution in [3.05, 3.63) is 34.7 Å². The number of sulfonamides is 1. The minimum atomic E-state index is -3.17. The second kappa shape index (κ2) is 8.67. The molecule has 0 saturated carbocycles. The SMILES string of the molecule is CCS(=O)(=O)N1CCN(C2=NC(=O)/C(=C/c3ccc(OC(C)C)cc3)S2)CC1. The van der Waals surface area contributed by atoms with Gasteiger partial charge in [-0.05, 0) is 56.3 Å². The Bertz CT molecular complexity index is 884. The first-order chi connectivity index (χ1) is 13.3. The van der Waals surface area contributed by atoms with Gasteiger partial charge in [-0.3, -0.25) is 4.79 Å². The number of hydrogen-bond acceptors (Lipinski definition) is 6. The normalized spacial score (nSPS) is 20.1. The average molecular weight is 424 g/mol. The number of piperazine rings is 1. The molecule has 1 aromatic carbocycles. The van der Waals surface area contributed by atoms with E-state index in [0.717, 1.165) is 11.3 Å². The molecule has 1 amide bonds. The third-order valence-corrected chi connectivity index (χ3v) is 7.35. The molecule has 0 radical (unpaired) electrons. The Morgan fingerprint density at radius 3 is 2.39 bits per heavy atom. The standard InChI is InChI=1S/C19H25N3O4S2/c1-4-28(24,25)22-11-9-21(10-12-22)19-20-18(23)17(27-19)13-15-5-7-16(8-6-15)26-14(2)3/h5-8,13-14H,4,9-12H2,1-3H3/b17-13-. The van der Waals surface area contributed by atoms with Gasteiger partial charge in [-0.15, -0.1) is 0 Å². The molecular weight excluding hydrogens is 398 g/mol. The summed E-state index contributed by atoms with van der Waals surface area (Å²) in [5, 5.41) is 0.643. The first kappa shape index (κ1) is 20.9. The third kappa shape index (κ3) is 4.95. The third-order valence-electron chi connectivity index (χ3n) is 4.43. The van der Waals surface area contributed by atoms with Gasteiger partial charge >= 0.3 is 0 Å². The van der Waals surface area contributed by atoms with Crippen LogP contribution < -0.4 is 4.74 Å². The van der Waals surface area contributed by atoms with Crippen LogP contribution in [0.15, 0.2) is 34.2 Å². The molecule has 0 aromatic heterocycles. The summed E-state index contributed by atoms with van der Waals surface area (Å²) in [4.78, 5) is 19.0. The maximum absolute atomic E-state index is 12.3. The molecule has 3 rings (SSSR count). The number of rotatable bonds is 5. The molecule has 2 aliphatic heterocycles. The van der Waals surface area contributed by atoms with E-state index in [4.69, 9.17) is 4.74 Å². The molecule has 1 fully saturated rings. The fourth-order valence-electron chi connectivity index (χ4n) is 2.94. The highest BCUT2D eigenvalue weighted by Crippen LogP contribution is 2.31. The zero-order valence-electron chi connectivity index (χ0n) is 16.3. The van der Waals surface area contributed by atoms with Crippen molar-refractivity contribution in [3.8, 4) is 5.75 Å². The number of ether oxygens (including phenoxy) is 1. The van der Waals surface area contributed by atoms with Crippen molar-refractivity contribution in [2.75, 3.05) is 31.9 Å². The largest absolute Gasteiger partial charge is 0.491 e. The zero-order valence-corrected chi connectivity index (χ0v) is 17.9. The highest BCUT2D eigenvalue weighted by Gasteiger charge is 2.31. The van der Waals surface area contributed by atoms with Crippen molar-refractivity contribution in [3.63, 3.8) is 0 Å². The lowest BCUT2D eigenvalue weighted by Crippen LogP contribution is -2.50. The van der Waals surface area contributed by atoms with E-state index in [1.807, 2.05) is 49.1 Å². The topological polar surface area (TPSA) is 79.3 Å². The predicted octanol–water partition coefficient (Wildman–Crippen LogP) is 2.41. The molecule has 152 valence electrons. The summed E-state index contributed by atoms with van der Waals surface area (Å²) >= 11 is 1.34. The number of amidine groups is 1. The molecule has 1 aromatic rings. The van der Waals surface area contributed by atoms with Crippen LogP contribution >= 0.6 is 11.8 Å². The van der Waals surface area contributed by atoms with Crippen molar-refractivity contribution >= 4 is 38.9 Å². The van der Waals surface area contributed by atoms with E-state index >= 15 is 0 Å². The Hall–Kier alpha value is -1.84. The molecule has 0 aliphatic carbocycles. The van der Waals surface area contributed by atoms with Crippen molar-refractivity contribution in [1.82, 2.24) is 9.21 Å². The summed E-state index contributed by atoms with van der Waals surface area (Å²) in [7, 11) is -3.17. The molecule has 0 spiro atoms. The Morgan fingerprint density at radius 2 is 1.82 bits per heavy atom. The van der Waals surface area contributed by atoms with Gasteiger partial charge in [-0.2, -0.15) is 9.30 Å². The minimum absolute atomic E-state index is 0.106. The predicted molar refractivity (Wildman–Crippen MR) is 113 cm³/mol. The van der Waals surface area contributed by atoms with E-state index in [1.54, 1.807) is 6.92 Å². The lowest BCUT2D eigenvalue weighted by atomic mass is 10.2. The smallest absolute Gasteiger partial charge is 0.286 e. The lowest BCUT2D eigenvalue weighted by molar-refractivity contribution is -0.113. The summed E-state index contributed by atoms with van der Waals surface area (Å²) in [6, 6.07) is 7.58. The van der Waals surface area contributed by atoms with Gasteiger partial charge in [0.15, 0.2) is 5.17 Å². The summed E-state index contributed by atoms with van der Waals surface area (Å²) < 4.78 is 31.1. The molecule has 2 aliphatic rings. The molecule has 0 unspecified atom stereocenters. The summed E-state index contributed by atoms with van der Waals surface area (Å²) in [6.07, 6.45) is 1.93. The Morgan fingerprint density at radius 1 is 1.18 bits per heavy atom. The van der Waals surface area contributed by atoms with Crippen LogP contribution in [0.3, 0.4) is 0 Å². The van der Waals surface area contributed by atoms with Crippen molar-refractivity contribution in [2.45, 2.75) is 26.9 Å². The minimum Gasteiger partial charge on any atom is -0.491 e. The number of carbonyl (C=O) groups excluding carboxylic acids is 1. The van der Waals surface area contributed by atoms with Gasteiger partial charge in [0.25, 0.3) is 5.91 Å². The number of amides is 1. The quantitative estimate of drug-likeness (QED) is 0.677. The molecule has 0 atom stereocenters. The average Bonchev–Trinajstić information content (AvgIpc) is 3.03. The van der Waals surface area contributed by atoms with Gasteiger partial charge < -0.3 is 9.64 Å². The van der Waals surface area contributed by atoms with Crippen LogP contribution in [0.5, 0.6) is 5.75 Å². The van der Waals surface area contributed by atoms with Crippen LogP contribution in [0.1, 0.15) is 26.3 Å². The lowest BCUT2D eigenvalue weighted by Gasteiger charge is -2.34. The maximum atomic E-state index is 12.3. The second-order valence-electron chi connectivity index (χ2n) is 6.83. The zero-order chi connectivity index (χ0) is 20.3. The first-order valence-electron chi connectivity index (χ1n) is 9.30. The molecule has 0 bridgehead atoms. The Balaban J connectivity index is 1.62. The number of hydrogen-bond donors (Lipinski definition) is 0. The number of aliphatic imine (C=N–C) groups is 1. The summed E-state index contributed by atoms with van der Waals surface area (Å²) in [5.41, 5.74) is 0.905. The van der Waals surface area contributed by atoms with E-state index in [2.05, 4.69) is 4.99 Å². The fourth-order valence-corrected chi connectivity index (χ4v) is 4.99. The van der Waals surface area contributed by atoms with Crippen LogP contribution in [0.2, 0.25) is 0 Å². The van der Waals surface area contributed by atoms with Gasteiger partial charge in [0, 0.05) is 26.2 Å². The van der Waals surface area contributed by atoms with Crippen LogP contribution in [0, 0.1) is 0 Å². The van der Waals surface area contributed by atoms with E-state index in [0.29, 0.717) is 36.3 Å². The van der Waals surface area contributed by atoms with Gasteiger partial charge in [0.05, 0.1) is 16.8 Å². The van der Waals surface area contributed by atoms with Gasteiger partial charge in [0.2, 0.25) is 10.0 Å². The number of nitrogens with zero attached hydrogens (tertiary/aromatic N) is 3. The number of thioether (sulfide) groups is 1. The van der Waals surface area contributed by atoms with Crippen molar-refractivity contribution < 1.29 is 17.9 Å².